The van der Waals surface area contributed by atoms with Crippen LogP contribution < -0.4 is 4.74 Å². The molecule has 0 radical (unpaired) electrons. The van der Waals surface area contributed by atoms with E-state index in [0.29, 0.717) is 11.3 Å². The quantitative estimate of drug-likeness (QED) is 0.429. The molecule has 1 aromatic heterocycles. The highest BCUT2D eigenvalue weighted by atomic mass is 79.9. The van der Waals surface area contributed by atoms with Crippen LogP contribution in [0.2, 0.25) is 0 Å². The number of benzene rings is 3. The summed E-state index contributed by atoms with van der Waals surface area (Å²) in [5.74, 6) is -0.529. The lowest BCUT2D eigenvalue weighted by molar-refractivity contribution is -0.147. The lowest BCUT2D eigenvalue weighted by atomic mass is 10.1. The molecular weight excluding hydrogens is 449 g/mol. The summed E-state index contributed by atoms with van der Waals surface area (Å²) in [4.78, 5) is 3.68. The van der Waals surface area contributed by atoms with Gasteiger partial charge in [0.25, 0.3) is 0 Å². The molecule has 0 spiro atoms. The third-order valence-corrected chi connectivity index (χ3v) is 5.38. The molecule has 0 saturated carbocycles. The molecule has 150 valence electrons. The van der Waals surface area contributed by atoms with Gasteiger partial charge in [-0.25, -0.2) is 4.98 Å². The largest absolute Gasteiger partial charge is 0.490 e. The smallest absolute Gasteiger partial charge is 0.449 e. The van der Waals surface area contributed by atoms with E-state index in [1.165, 1.54) is 6.07 Å². The van der Waals surface area contributed by atoms with Gasteiger partial charge in [0.1, 0.15) is 18.5 Å². The molecule has 4 nitrogen and oxygen atoms in total. The van der Waals surface area contributed by atoms with Gasteiger partial charge in [0.2, 0.25) is 5.82 Å². The van der Waals surface area contributed by atoms with Crippen LogP contribution in [0.1, 0.15) is 5.82 Å². The monoisotopic (exact) mass is 464 g/mol. The normalized spacial score (nSPS) is 13.1. The summed E-state index contributed by atoms with van der Waals surface area (Å²) in [6, 6.07) is 17.7. The van der Waals surface area contributed by atoms with Gasteiger partial charge in [0.05, 0.1) is 22.1 Å². The van der Waals surface area contributed by atoms with Crippen molar-refractivity contribution in [2.24, 2.45) is 0 Å². The zero-order valence-corrected chi connectivity index (χ0v) is 16.6. The molecule has 1 heterocycles. The van der Waals surface area contributed by atoms with E-state index in [9.17, 15) is 18.3 Å². The fourth-order valence-electron chi connectivity index (χ4n) is 3.25. The van der Waals surface area contributed by atoms with Crippen molar-refractivity contribution in [1.82, 2.24) is 9.55 Å². The number of fused-ring (bicyclic) bond motifs is 2. The van der Waals surface area contributed by atoms with Crippen molar-refractivity contribution in [3.63, 3.8) is 0 Å². The van der Waals surface area contributed by atoms with Crippen LogP contribution >= 0.6 is 15.9 Å². The van der Waals surface area contributed by atoms with Crippen LogP contribution in [-0.2, 0) is 12.7 Å². The van der Waals surface area contributed by atoms with E-state index in [4.69, 9.17) is 4.74 Å². The van der Waals surface area contributed by atoms with Gasteiger partial charge in [-0.05, 0) is 44.9 Å². The number of aliphatic hydroxyl groups is 1. The number of para-hydroxylation sites is 2. The average molecular weight is 465 g/mol. The lowest BCUT2D eigenvalue weighted by Crippen LogP contribution is -2.26. The summed E-state index contributed by atoms with van der Waals surface area (Å²) in [6.45, 7) is -0.457. The molecule has 1 unspecified atom stereocenters. The van der Waals surface area contributed by atoms with Gasteiger partial charge in [0, 0.05) is 0 Å². The van der Waals surface area contributed by atoms with Crippen LogP contribution in [0.3, 0.4) is 0 Å². The minimum atomic E-state index is -4.62. The van der Waals surface area contributed by atoms with Crippen LogP contribution in [0.15, 0.2) is 65.1 Å². The fourth-order valence-corrected chi connectivity index (χ4v) is 3.86. The molecular formula is C21H16BrF3N2O2. The van der Waals surface area contributed by atoms with Gasteiger partial charge in [-0.1, -0.05) is 42.5 Å². The van der Waals surface area contributed by atoms with Crippen molar-refractivity contribution in [1.29, 1.82) is 0 Å². The number of ether oxygens (including phenoxy) is 1. The average Bonchev–Trinajstić information content (AvgIpc) is 3.07. The second-order valence-corrected chi connectivity index (χ2v) is 7.39. The van der Waals surface area contributed by atoms with Gasteiger partial charge in [-0.15, -0.1) is 0 Å². The molecule has 3 aromatic carbocycles. The Morgan fingerprint density at radius 1 is 1.03 bits per heavy atom. The first-order valence-electron chi connectivity index (χ1n) is 8.85. The van der Waals surface area contributed by atoms with Crippen molar-refractivity contribution in [2.75, 3.05) is 6.61 Å². The van der Waals surface area contributed by atoms with Gasteiger partial charge in [0.15, 0.2) is 0 Å². The zero-order valence-electron chi connectivity index (χ0n) is 15.0. The van der Waals surface area contributed by atoms with E-state index in [1.807, 2.05) is 30.3 Å². The van der Waals surface area contributed by atoms with Crippen LogP contribution in [-0.4, -0.2) is 27.4 Å². The van der Waals surface area contributed by atoms with Crippen molar-refractivity contribution in [3.8, 4) is 5.75 Å². The fraction of sp³-hybridized carbons (Fsp3) is 0.190. The maximum atomic E-state index is 13.4. The van der Waals surface area contributed by atoms with Crippen LogP contribution in [0.4, 0.5) is 13.2 Å². The summed E-state index contributed by atoms with van der Waals surface area (Å²) < 4.78 is 47.6. The Hall–Kier alpha value is -2.58. The van der Waals surface area contributed by atoms with Crippen molar-refractivity contribution >= 4 is 37.7 Å². The predicted octanol–water partition coefficient (Wildman–Crippen LogP) is 5.41. The number of hydrogen-bond acceptors (Lipinski definition) is 3. The lowest BCUT2D eigenvalue weighted by Gasteiger charge is -2.17. The van der Waals surface area contributed by atoms with E-state index in [2.05, 4.69) is 20.9 Å². The molecule has 0 aliphatic heterocycles. The number of imidazole rings is 1. The molecule has 0 aliphatic carbocycles. The molecule has 0 aliphatic rings. The summed E-state index contributed by atoms with van der Waals surface area (Å²) in [5.41, 5.74) is 0.538. The Labute approximate surface area is 172 Å². The number of alkyl halides is 3. The van der Waals surface area contributed by atoms with Crippen molar-refractivity contribution in [2.45, 2.75) is 18.8 Å². The molecule has 1 atom stereocenters. The first-order valence-corrected chi connectivity index (χ1v) is 9.64. The molecule has 0 fully saturated rings. The van der Waals surface area contributed by atoms with Gasteiger partial charge in [-0.3, -0.25) is 0 Å². The highest BCUT2D eigenvalue weighted by Gasteiger charge is 2.38. The number of aromatic nitrogens is 2. The first kappa shape index (κ1) is 19.7. The van der Waals surface area contributed by atoms with Gasteiger partial charge >= 0.3 is 6.18 Å². The highest BCUT2D eigenvalue weighted by Crippen LogP contribution is 2.34. The second-order valence-electron chi connectivity index (χ2n) is 6.60. The number of nitrogens with zero attached hydrogens (tertiary/aromatic N) is 2. The molecule has 0 amide bonds. The Morgan fingerprint density at radius 3 is 2.55 bits per heavy atom. The third-order valence-electron chi connectivity index (χ3n) is 4.56. The Bertz CT molecular complexity index is 1170. The topological polar surface area (TPSA) is 47.3 Å². The van der Waals surface area contributed by atoms with E-state index in [-0.39, 0.29) is 18.7 Å². The Morgan fingerprint density at radius 2 is 1.76 bits per heavy atom. The van der Waals surface area contributed by atoms with E-state index >= 15 is 0 Å². The number of halogens is 4. The van der Waals surface area contributed by atoms with Crippen LogP contribution in [0, 0.1) is 0 Å². The van der Waals surface area contributed by atoms with E-state index in [0.717, 1.165) is 19.8 Å². The molecule has 29 heavy (non-hydrogen) atoms. The van der Waals surface area contributed by atoms with Crippen molar-refractivity contribution < 1.29 is 23.0 Å². The summed E-state index contributed by atoms with van der Waals surface area (Å²) in [7, 11) is 0. The van der Waals surface area contributed by atoms with Crippen LogP contribution in [0.5, 0.6) is 5.75 Å². The maximum absolute atomic E-state index is 13.4. The standard InChI is InChI=1S/C21H16BrF3N2O2/c22-19-15-6-2-1-5-13(15)9-10-18(19)29-12-14(28)11-27-17-8-4-3-7-16(17)26-20(27)21(23,24)25/h1-10,14,28H,11-12H2. The van der Waals surface area contributed by atoms with E-state index < -0.39 is 18.1 Å². The molecule has 0 bridgehead atoms. The second kappa shape index (κ2) is 7.68. The minimum Gasteiger partial charge on any atom is -0.490 e. The number of aliphatic hydroxyl groups excluding tert-OH is 1. The molecule has 8 heteroatoms. The van der Waals surface area contributed by atoms with E-state index in [1.54, 1.807) is 24.3 Å². The third kappa shape index (κ3) is 3.95. The highest BCUT2D eigenvalue weighted by molar-refractivity contribution is 9.10. The Balaban J connectivity index is 1.55. The Kier molecular flexibility index (Phi) is 5.23. The maximum Gasteiger partial charge on any atom is 0.449 e. The first-order chi connectivity index (χ1) is 13.8. The molecule has 1 N–H and O–H groups in total. The molecule has 0 saturated heterocycles. The predicted molar refractivity (Wildman–Crippen MR) is 108 cm³/mol. The minimum absolute atomic E-state index is 0.166. The zero-order chi connectivity index (χ0) is 20.6. The van der Waals surface area contributed by atoms with Crippen molar-refractivity contribution in [3.05, 3.63) is 71.0 Å². The van der Waals surface area contributed by atoms with Gasteiger partial charge < -0.3 is 14.4 Å². The van der Waals surface area contributed by atoms with Gasteiger partial charge in [-0.2, -0.15) is 13.2 Å². The number of rotatable bonds is 5. The SMILES string of the molecule is OC(COc1ccc2ccccc2c1Br)Cn1c(C(F)(F)F)nc2ccccc21. The summed E-state index contributed by atoms with van der Waals surface area (Å²) in [6.07, 6.45) is -5.78. The summed E-state index contributed by atoms with van der Waals surface area (Å²) in [5, 5.41) is 12.3. The van der Waals surface area contributed by atoms with Crippen LogP contribution in [0.25, 0.3) is 21.8 Å². The molecule has 4 aromatic rings. The molecule has 4 rings (SSSR count). The summed E-state index contributed by atoms with van der Waals surface area (Å²) >= 11 is 3.49. The number of hydrogen-bond donors (Lipinski definition) is 1.